The fraction of sp³-hybridized carbons (Fsp3) is 0.312. The van der Waals surface area contributed by atoms with Gasteiger partial charge in [-0.05, 0) is 21.5 Å². The predicted octanol–water partition coefficient (Wildman–Crippen LogP) is 2.75. The number of aromatic nitrogens is 1. The summed E-state index contributed by atoms with van der Waals surface area (Å²) in [6.45, 7) is 5.08. The van der Waals surface area contributed by atoms with Gasteiger partial charge in [-0.25, -0.2) is 0 Å². The van der Waals surface area contributed by atoms with Crippen molar-refractivity contribution in [1.82, 2.24) is 9.88 Å². The van der Waals surface area contributed by atoms with Crippen molar-refractivity contribution < 1.29 is 0 Å². The SMILES string of the molecule is Nc1cncc(Br)c1N1CCN(Cc2ccccc2)CC1. The van der Waals surface area contributed by atoms with Gasteiger partial charge in [-0.1, -0.05) is 30.3 Å². The molecule has 2 heterocycles. The summed E-state index contributed by atoms with van der Waals surface area (Å²) in [7, 11) is 0. The summed E-state index contributed by atoms with van der Waals surface area (Å²) in [6.07, 6.45) is 3.53. The van der Waals surface area contributed by atoms with Gasteiger partial charge in [0.1, 0.15) is 0 Å². The molecule has 1 aromatic heterocycles. The summed E-state index contributed by atoms with van der Waals surface area (Å²) >= 11 is 3.55. The molecule has 21 heavy (non-hydrogen) atoms. The lowest BCUT2D eigenvalue weighted by Crippen LogP contribution is -2.46. The Morgan fingerprint density at radius 2 is 1.76 bits per heavy atom. The molecule has 1 aliphatic rings. The van der Waals surface area contributed by atoms with Crippen LogP contribution in [-0.2, 0) is 6.54 Å². The summed E-state index contributed by atoms with van der Waals surface area (Å²) in [6, 6.07) is 10.6. The quantitative estimate of drug-likeness (QED) is 0.928. The number of piperazine rings is 1. The molecule has 1 aliphatic heterocycles. The third-order valence-corrected chi connectivity index (χ3v) is 4.42. The minimum absolute atomic E-state index is 0.737. The molecule has 0 aliphatic carbocycles. The van der Waals surface area contributed by atoms with Crippen LogP contribution in [0.4, 0.5) is 11.4 Å². The highest BCUT2D eigenvalue weighted by molar-refractivity contribution is 9.10. The van der Waals surface area contributed by atoms with E-state index in [1.165, 1.54) is 5.56 Å². The average Bonchev–Trinajstić information content (AvgIpc) is 2.50. The Kier molecular flexibility index (Phi) is 4.41. The minimum atomic E-state index is 0.737. The van der Waals surface area contributed by atoms with E-state index in [1.54, 1.807) is 6.20 Å². The molecule has 1 fully saturated rings. The Balaban J connectivity index is 1.63. The Labute approximate surface area is 133 Å². The highest BCUT2D eigenvalue weighted by Crippen LogP contribution is 2.31. The largest absolute Gasteiger partial charge is 0.396 e. The van der Waals surface area contributed by atoms with Crippen molar-refractivity contribution in [1.29, 1.82) is 0 Å². The lowest BCUT2D eigenvalue weighted by Gasteiger charge is -2.37. The van der Waals surface area contributed by atoms with E-state index >= 15 is 0 Å². The molecule has 2 N–H and O–H groups in total. The topological polar surface area (TPSA) is 45.4 Å². The maximum atomic E-state index is 6.06. The molecule has 0 spiro atoms. The van der Waals surface area contributed by atoms with Gasteiger partial charge < -0.3 is 10.6 Å². The Morgan fingerprint density at radius 1 is 1.05 bits per heavy atom. The third kappa shape index (κ3) is 3.36. The van der Waals surface area contributed by atoms with E-state index in [-0.39, 0.29) is 0 Å². The first-order valence-electron chi connectivity index (χ1n) is 7.14. The summed E-state index contributed by atoms with van der Waals surface area (Å²) in [5, 5.41) is 0. The number of halogens is 1. The Hall–Kier alpha value is -1.59. The molecular formula is C16H19BrN4. The van der Waals surface area contributed by atoms with Crippen LogP contribution in [0.25, 0.3) is 0 Å². The lowest BCUT2D eigenvalue weighted by molar-refractivity contribution is 0.250. The van der Waals surface area contributed by atoms with E-state index in [0.717, 1.165) is 48.6 Å². The Bertz CT molecular complexity index is 574. The van der Waals surface area contributed by atoms with E-state index in [2.05, 4.69) is 61.0 Å². The van der Waals surface area contributed by atoms with Crippen LogP contribution < -0.4 is 10.6 Å². The van der Waals surface area contributed by atoms with Crippen molar-refractivity contribution >= 4 is 27.3 Å². The number of nitrogens with zero attached hydrogens (tertiary/aromatic N) is 3. The van der Waals surface area contributed by atoms with E-state index in [1.807, 2.05) is 6.20 Å². The third-order valence-electron chi connectivity index (χ3n) is 3.84. The molecule has 4 nitrogen and oxygen atoms in total. The normalized spacial score (nSPS) is 16.1. The number of nitrogen functional groups attached to an aromatic ring is 1. The van der Waals surface area contributed by atoms with Gasteiger partial charge in [0.15, 0.2) is 0 Å². The van der Waals surface area contributed by atoms with Gasteiger partial charge in [0, 0.05) is 38.9 Å². The molecule has 0 amide bonds. The van der Waals surface area contributed by atoms with E-state index in [0.29, 0.717) is 0 Å². The summed E-state index contributed by atoms with van der Waals surface area (Å²) < 4.78 is 0.971. The number of pyridine rings is 1. The number of rotatable bonds is 3. The summed E-state index contributed by atoms with van der Waals surface area (Å²) in [5.74, 6) is 0. The average molecular weight is 347 g/mol. The van der Waals surface area contributed by atoms with E-state index in [9.17, 15) is 0 Å². The summed E-state index contributed by atoms with van der Waals surface area (Å²) in [5.41, 5.74) is 9.24. The first kappa shape index (κ1) is 14.4. The zero-order valence-electron chi connectivity index (χ0n) is 11.9. The molecular weight excluding hydrogens is 328 g/mol. The highest BCUT2D eigenvalue weighted by Gasteiger charge is 2.20. The fourth-order valence-electron chi connectivity index (χ4n) is 2.75. The van der Waals surface area contributed by atoms with Crippen LogP contribution in [0.5, 0.6) is 0 Å². The van der Waals surface area contributed by atoms with Crippen LogP contribution in [0.2, 0.25) is 0 Å². The second-order valence-electron chi connectivity index (χ2n) is 5.31. The molecule has 0 radical (unpaired) electrons. The zero-order chi connectivity index (χ0) is 14.7. The minimum Gasteiger partial charge on any atom is -0.396 e. The van der Waals surface area contributed by atoms with Gasteiger partial charge >= 0.3 is 0 Å². The molecule has 110 valence electrons. The Morgan fingerprint density at radius 3 is 2.43 bits per heavy atom. The lowest BCUT2D eigenvalue weighted by atomic mass is 10.2. The molecule has 0 atom stereocenters. The second kappa shape index (κ2) is 6.45. The predicted molar refractivity (Wildman–Crippen MR) is 90.3 cm³/mol. The standard InChI is InChI=1S/C16H19BrN4/c17-14-10-19-11-15(18)16(14)21-8-6-20(7-9-21)12-13-4-2-1-3-5-13/h1-5,10-11H,6-9,12,18H2. The van der Waals surface area contributed by atoms with Crippen LogP contribution in [0.1, 0.15) is 5.56 Å². The van der Waals surface area contributed by atoms with E-state index in [4.69, 9.17) is 5.73 Å². The van der Waals surface area contributed by atoms with Gasteiger partial charge in [-0.2, -0.15) is 0 Å². The van der Waals surface area contributed by atoms with Crippen molar-refractivity contribution in [2.45, 2.75) is 6.54 Å². The zero-order valence-corrected chi connectivity index (χ0v) is 13.5. The van der Waals surface area contributed by atoms with Crippen LogP contribution in [-0.4, -0.2) is 36.1 Å². The van der Waals surface area contributed by atoms with Crippen molar-refractivity contribution in [3.05, 3.63) is 52.8 Å². The van der Waals surface area contributed by atoms with Crippen molar-refractivity contribution in [3.63, 3.8) is 0 Å². The molecule has 1 saturated heterocycles. The molecule has 0 unspecified atom stereocenters. The molecule has 0 bridgehead atoms. The first-order valence-corrected chi connectivity index (χ1v) is 7.93. The number of anilines is 2. The monoisotopic (exact) mass is 346 g/mol. The molecule has 5 heteroatoms. The van der Waals surface area contributed by atoms with Crippen LogP contribution in [0, 0.1) is 0 Å². The molecule has 1 aromatic carbocycles. The number of hydrogen-bond acceptors (Lipinski definition) is 4. The van der Waals surface area contributed by atoms with Crippen LogP contribution >= 0.6 is 15.9 Å². The van der Waals surface area contributed by atoms with Crippen molar-refractivity contribution in [3.8, 4) is 0 Å². The van der Waals surface area contributed by atoms with E-state index < -0.39 is 0 Å². The number of nitrogens with two attached hydrogens (primary N) is 1. The van der Waals surface area contributed by atoms with Gasteiger partial charge in [-0.15, -0.1) is 0 Å². The molecule has 0 saturated carbocycles. The van der Waals surface area contributed by atoms with Crippen molar-refractivity contribution in [2.24, 2.45) is 0 Å². The molecule has 2 aromatic rings. The highest BCUT2D eigenvalue weighted by atomic mass is 79.9. The maximum Gasteiger partial charge on any atom is 0.0776 e. The van der Waals surface area contributed by atoms with Crippen LogP contribution in [0.3, 0.4) is 0 Å². The second-order valence-corrected chi connectivity index (χ2v) is 6.16. The van der Waals surface area contributed by atoms with Gasteiger partial charge in [0.25, 0.3) is 0 Å². The van der Waals surface area contributed by atoms with Gasteiger partial charge in [-0.3, -0.25) is 9.88 Å². The number of benzene rings is 1. The van der Waals surface area contributed by atoms with Gasteiger partial charge in [0.05, 0.1) is 22.0 Å². The smallest absolute Gasteiger partial charge is 0.0776 e. The van der Waals surface area contributed by atoms with Crippen molar-refractivity contribution in [2.75, 3.05) is 36.8 Å². The summed E-state index contributed by atoms with van der Waals surface area (Å²) in [4.78, 5) is 8.92. The number of hydrogen-bond donors (Lipinski definition) is 1. The maximum absolute atomic E-state index is 6.06. The van der Waals surface area contributed by atoms with Gasteiger partial charge in [0.2, 0.25) is 0 Å². The fourth-order valence-corrected chi connectivity index (χ4v) is 3.35. The first-order chi connectivity index (χ1) is 10.2. The molecule has 3 rings (SSSR count). The van der Waals surface area contributed by atoms with Crippen LogP contribution in [0.15, 0.2) is 47.2 Å².